The molecule has 10 heteroatoms. The standard InChI is InChI=1S/C25H20F3N5O2/c1-34-24-29-12-18(13-30-24)19-14-31-33(15-19)10-9-20-11-17-3-2-4-22(23(17)32-20)16-5-7-21(8-6-16)35-25(26,27)28/h2-8,11-15,32H,9-10H2,1H3. The fourth-order valence-corrected chi connectivity index (χ4v) is 3.87. The van der Waals surface area contributed by atoms with Gasteiger partial charge in [-0.2, -0.15) is 5.10 Å². The fourth-order valence-electron chi connectivity index (χ4n) is 3.87. The molecule has 178 valence electrons. The number of para-hydroxylation sites is 1. The molecule has 0 radical (unpaired) electrons. The number of rotatable bonds is 7. The number of aryl methyl sites for hydroxylation is 2. The van der Waals surface area contributed by atoms with E-state index in [9.17, 15) is 13.2 Å². The lowest BCUT2D eigenvalue weighted by atomic mass is 10.0. The molecule has 0 spiro atoms. The number of fused-ring (bicyclic) bond motifs is 1. The van der Waals surface area contributed by atoms with Crippen LogP contribution >= 0.6 is 0 Å². The van der Waals surface area contributed by atoms with E-state index < -0.39 is 6.36 Å². The number of methoxy groups -OCH3 is 1. The number of nitrogens with zero attached hydrogens (tertiary/aromatic N) is 4. The minimum absolute atomic E-state index is 0.250. The second-order valence-corrected chi connectivity index (χ2v) is 7.84. The first-order chi connectivity index (χ1) is 16.9. The van der Waals surface area contributed by atoms with Crippen molar-refractivity contribution >= 4 is 10.9 Å². The third-order valence-corrected chi connectivity index (χ3v) is 5.50. The van der Waals surface area contributed by atoms with Crippen molar-refractivity contribution in [3.05, 3.63) is 79.0 Å². The van der Waals surface area contributed by atoms with Crippen molar-refractivity contribution in [2.75, 3.05) is 7.11 Å². The van der Waals surface area contributed by atoms with E-state index in [1.165, 1.54) is 19.2 Å². The number of nitrogens with one attached hydrogen (secondary N) is 1. The van der Waals surface area contributed by atoms with Crippen LogP contribution in [0.5, 0.6) is 11.8 Å². The number of hydrogen-bond acceptors (Lipinski definition) is 5. The highest BCUT2D eigenvalue weighted by molar-refractivity contribution is 5.94. The van der Waals surface area contributed by atoms with Crippen molar-refractivity contribution in [3.8, 4) is 34.0 Å². The largest absolute Gasteiger partial charge is 0.573 e. The highest BCUT2D eigenvalue weighted by Crippen LogP contribution is 2.31. The molecule has 0 amide bonds. The average molecular weight is 479 g/mol. The highest BCUT2D eigenvalue weighted by Gasteiger charge is 2.31. The van der Waals surface area contributed by atoms with Crippen LogP contribution in [-0.4, -0.2) is 38.2 Å². The van der Waals surface area contributed by atoms with Crippen LogP contribution < -0.4 is 9.47 Å². The lowest BCUT2D eigenvalue weighted by molar-refractivity contribution is -0.274. The number of halogens is 3. The Kier molecular flexibility index (Phi) is 5.86. The van der Waals surface area contributed by atoms with Crippen molar-refractivity contribution < 1.29 is 22.6 Å². The van der Waals surface area contributed by atoms with Crippen LogP contribution in [-0.2, 0) is 13.0 Å². The first-order valence-electron chi connectivity index (χ1n) is 10.7. The zero-order valence-electron chi connectivity index (χ0n) is 18.6. The van der Waals surface area contributed by atoms with Gasteiger partial charge in [0.25, 0.3) is 0 Å². The van der Waals surface area contributed by atoms with Crippen molar-refractivity contribution in [1.29, 1.82) is 0 Å². The van der Waals surface area contributed by atoms with Gasteiger partial charge in [-0.05, 0) is 23.8 Å². The number of aromatic amines is 1. The summed E-state index contributed by atoms with van der Waals surface area (Å²) in [6.45, 7) is 0.655. The van der Waals surface area contributed by atoms with E-state index >= 15 is 0 Å². The van der Waals surface area contributed by atoms with Gasteiger partial charge in [-0.15, -0.1) is 13.2 Å². The van der Waals surface area contributed by atoms with Crippen LogP contribution in [0.15, 0.2) is 73.3 Å². The third-order valence-electron chi connectivity index (χ3n) is 5.50. The Balaban J connectivity index is 1.31. The van der Waals surface area contributed by atoms with Gasteiger partial charge >= 0.3 is 12.4 Å². The Morgan fingerprint density at radius 1 is 0.943 bits per heavy atom. The average Bonchev–Trinajstić information content (AvgIpc) is 3.49. The lowest BCUT2D eigenvalue weighted by Crippen LogP contribution is -2.16. The molecule has 1 N–H and O–H groups in total. The highest BCUT2D eigenvalue weighted by atomic mass is 19.4. The molecule has 7 nitrogen and oxygen atoms in total. The van der Waals surface area contributed by atoms with Crippen molar-refractivity contribution in [3.63, 3.8) is 0 Å². The van der Waals surface area contributed by atoms with Crippen LogP contribution in [0.25, 0.3) is 33.2 Å². The monoisotopic (exact) mass is 479 g/mol. The molecule has 0 atom stereocenters. The zero-order valence-corrected chi connectivity index (χ0v) is 18.6. The first-order valence-corrected chi connectivity index (χ1v) is 10.7. The van der Waals surface area contributed by atoms with Gasteiger partial charge in [0.2, 0.25) is 0 Å². The molecule has 3 aromatic heterocycles. The van der Waals surface area contributed by atoms with Crippen LogP contribution in [0.1, 0.15) is 5.69 Å². The Labute approximate surface area is 198 Å². The van der Waals surface area contributed by atoms with Gasteiger partial charge in [-0.1, -0.05) is 30.3 Å². The second-order valence-electron chi connectivity index (χ2n) is 7.84. The van der Waals surface area contributed by atoms with Crippen molar-refractivity contribution in [2.45, 2.75) is 19.3 Å². The number of ether oxygens (including phenoxy) is 2. The van der Waals surface area contributed by atoms with Gasteiger partial charge < -0.3 is 14.5 Å². The van der Waals surface area contributed by atoms with Crippen molar-refractivity contribution in [1.82, 2.24) is 24.7 Å². The van der Waals surface area contributed by atoms with Crippen molar-refractivity contribution in [2.24, 2.45) is 0 Å². The van der Waals surface area contributed by atoms with E-state index in [1.54, 1.807) is 30.7 Å². The fraction of sp³-hybridized carbons (Fsp3) is 0.160. The number of benzene rings is 2. The van der Waals surface area contributed by atoms with Gasteiger partial charge in [0.15, 0.2) is 0 Å². The van der Waals surface area contributed by atoms with E-state index in [2.05, 4.69) is 30.9 Å². The molecule has 0 unspecified atom stereocenters. The predicted octanol–water partition coefficient (Wildman–Crippen LogP) is 5.64. The smallest absolute Gasteiger partial charge is 0.467 e. The van der Waals surface area contributed by atoms with Gasteiger partial charge in [0.05, 0.1) is 18.8 Å². The number of H-pyrrole nitrogens is 1. The molecule has 0 aliphatic heterocycles. The summed E-state index contributed by atoms with van der Waals surface area (Å²) in [6.07, 6.45) is 3.08. The Hall–Kier alpha value is -4.34. The molecular weight excluding hydrogens is 459 g/mol. The van der Waals surface area contributed by atoms with Gasteiger partial charge in [0, 0.05) is 59.3 Å². The van der Waals surface area contributed by atoms with E-state index in [-0.39, 0.29) is 5.75 Å². The van der Waals surface area contributed by atoms with E-state index in [4.69, 9.17) is 4.74 Å². The normalized spacial score (nSPS) is 11.7. The number of aromatic nitrogens is 5. The molecule has 0 saturated heterocycles. The maximum Gasteiger partial charge on any atom is 0.573 e. The quantitative estimate of drug-likeness (QED) is 0.327. The number of alkyl halides is 3. The maximum atomic E-state index is 12.4. The molecule has 5 aromatic rings. The van der Waals surface area contributed by atoms with Crippen LogP contribution in [0.4, 0.5) is 13.2 Å². The topological polar surface area (TPSA) is 77.9 Å². The summed E-state index contributed by atoms with van der Waals surface area (Å²) in [6, 6.07) is 14.1. The maximum absolute atomic E-state index is 12.4. The van der Waals surface area contributed by atoms with Crippen LogP contribution in [0, 0.1) is 0 Å². The third kappa shape index (κ3) is 5.11. The summed E-state index contributed by atoms with van der Waals surface area (Å²) >= 11 is 0. The van der Waals surface area contributed by atoms with Crippen LogP contribution in [0.2, 0.25) is 0 Å². The summed E-state index contributed by atoms with van der Waals surface area (Å²) in [5.41, 5.74) is 5.38. The molecule has 0 bridgehead atoms. The summed E-state index contributed by atoms with van der Waals surface area (Å²) in [4.78, 5) is 11.7. The summed E-state index contributed by atoms with van der Waals surface area (Å²) in [7, 11) is 1.52. The predicted molar refractivity (Wildman–Crippen MR) is 124 cm³/mol. The molecule has 35 heavy (non-hydrogen) atoms. The van der Waals surface area contributed by atoms with Gasteiger partial charge in [0.1, 0.15) is 5.75 Å². The van der Waals surface area contributed by atoms with Gasteiger partial charge in [-0.3, -0.25) is 4.68 Å². The second kappa shape index (κ2) is 9.13. The molecular formula is C25H20F3N5O2. The molecule has 0 fully saturated rings. The first kappa shape index (κ1) is 22.5. The molecule has 3 heterocycles. The minimum Gasteiger partial charge on any atom is -0.467 e. The van der Waals surface area contributed by atoms with E-state index in [0.29, 0.717) is 19.0 Å². The van der Waals surface area contributed by atoms with E-state index in [1.807, 2.05) is 29.1 Å². The summed E-state index contributed by atoms with van der Waals surface area (Å²) < 4.78 is 48.1. The molecule has 2 aromatic carbocycles. The molecule has 0 aliphatic carbocycles. The Bertz CT molecular complexity index is 1440. The zero-order chi connectivity index (χ0) is 24.4. The summed E-state index contributed by atoms with van der Waals surface area (Å²) in [5.74, 6) is -0.250. The SMILES string of the molecule is COc1ncc(-c2cnn(CCc3cc4cccc(-c5ccc(OC(F)(F)F)cc5)c4[nH]3)c2)cn1. The Morgan fingerprint density at radius 3 is 2.43 bits per heavy atom. The lowest BCUT2D eigenvalue weighted by Gasteiger charge is -2.09. The number of hydrogen-bond donors (Lipinski definition) is 1. The van der Waals surface area contributed by atoms with Crippen LogP contribution in [0.3, 0.4) is 0 Å². The minimum atomic E-state index is -4.71. The molecule has 0 saturated carbocycles. The Morgan fingerprint density at radius 2 is 1.71 bits per heavy atom. The molecule has 0 aliphatic rings. The summed E-state index contributed by atoms with van der Waals surface area (Å²) in [5, 5.41) is 5.45. The molecule has 5 rings (SSSR count). The van der Waals surface area contributed by atoms with E-state index in [0.717, 1.165) is 38.9 Å². The van der Waals surface area contributed by atoms with Gasteiger partial charge in [-0.25, -0.2) is 9.97 Å².